The first-order chi connectivity index (χ1) is 18.1. The molecule has 0 saturated heterocycles. The molecule has 0 fully saturated rings. The lowest BCUT2D eigenvalue weighted by Gasteiger charge is -2.12. The van der Waals surface area contributed by atoms with Gasteiger partial charge in [-0.05, 0) is 36.3 Å². The van der Waals surface area contributed by atoms with Gasteiger partial charge in [0.15, 0.2) is 0 Å². The number of hydrogen-bond donors (Lipinski definition) is 1. The average molecular weight is 482 g/mol. The number of allylic oxidation sites excluding steroid dienone is 8. The Kier molecular flexibility index (Phi) is 5.02. The van der Waals surface area contributed by atoms with Crippen LogP contribution < -0.4 is 11.1 Å². The van der Waals surface area contributed by atoms with Crippen LogP contribution in [-0.4, -0.2) is 15.0 Å². The predicted octanol–water partition coefficient (Wildman–Crippen LogP) is 6.61. The van der Waals surface area contributed by atoms with Crippen LogP contribution in [0.15, 0.2) is 108 Å². The van der Waals surface area contributed by atoms with Gasteiger partial charge in [0.1, 0.15) is 0 Å². The number of pyridine rings is 2. The molecule has 5 heteroatoms. The van der Waals surface area contributed by atoms with Gasteiger partial charge in [-0.2, -0.15) is 0 Å². The largest absolute Gasteiger partial charge is 0.309 e. The zero-order valence-electron chi connectivity index (χ0n) is 20.3. The molecular formula is C32H23N3O2. The molecule has 4 heterocycles. The molecule has 0 aliphatic carbocycles. The molecule has 6 aromatic rings. The van der Waals surface area contributed by atoms with Crippen LogP contribution in [0.25, 0.3) is 54.8 Å². The number of aromatic nitrogens is 2. The Balaban J connectivity index is 2.09. The maximum Gasteiger partial charge on any atom is 0.264 e. The molecule has 4 aromatic heterocycles. The van der Waals surface area contributed by atoms with E-state index in [2.05, 4.69) is 13.2 Å². The van der Waals surface area contributed by atoms with Crippen molar-refractivity contribution in [2.75, 3.05) is 0 Å². The van der Waals surface area contributed by atoms with Gasteiger partial charge in [-0.25, -0.2) is 0 Å². The van der Waals surface area contributed by atoms with Crippen molar-refractivity contribution in [2.24, 2.45) is 0 Å². The van der Waals surface area contributed by atoms with Gasteiger partial charge in [0.2, 0.25) is 0 Å². The topological polar surface area (TPSA) is 66.8 Å². The second kappa shape index (κ2) is 8.28. The summed E-state index contributed by atoms with van der Waals surface area (Å²) in [5, 5.41) is 10.7. The highest BCUT2D eigenvalue weighted by atomic mass is 16.1. The first-order valence-electron chi connectivity index (χ1n) is 12.0. The van der Waals surface area contributed by atoms with E-state index in [1.165, 1.54) is 0 Å². The van der Waals surface area contributed by atoms with Gasteiger partial charge in [-0.15, -0.1) is 0 Å². The van der Waals surface area contributed by atoms with Crippen LogP contribution in [0.5, 0.6) is 0 Å². The van der Waals surface area contributed by atoms with Crippen LogP contribution in [-0.2, 0) is 0 Å². The van der Waals surface area contributed by atoms with Crippen LogP contribution in [0.1, 0.15) is 18.1 Å². The minimum Gasteiger partial charge on any atom is -0.309 e. The van der Waals surface area contributed by atoms with Gasteiger partial charge in [-0.1, -0.05) is 79.9 Å². The number of benzene rings is 2. The molecule has 0 amide bonds. The fourth-order valence-electron chi connectivity index (χ4n) is 5.63. The molecule has 6 rings (SSSR count). The number of nitrogens with zero attached hydrogens (tertiary/aromatic N) is 2. The highest BCUT2D eigenvalue weighted by Crippen LogP contribution is 2.41. The minimum atomic E-state index is -0.216. The Labute approximate surface area is 212 Å². The van der Waals surface area contributed by atoms with Gasteiger partial charge in [0.05, 0.1) is 33.2 Å². The van der Waals surface area contributed by atoms with Crippen molar-refractivity contribution in [3.05, 3.63) is 130 Å². The van der Waals surface area contributed by atoms with E-state index in [0.29, 0.717) is 38.7 Å². The van der Waals surface area contributed by atoms with E-state index in [9.17, 15) is 9.59 Å². The summed E-state index contributed by atoms with van der Waals surface area (Å²) in [6.45, 7) is 9.84. The third-order valence-corrected chi connectivity index (χ3v) is 7.06. The Morgan fingerprint density at radius 3 is 1.65 bits per heavy atom. The average Bonchev–Trinajstić information content (AvgIpc) is 3.44. The van der Waals surface area contributed by atoms with Gasteiger partial charge in [-0.3, -0.25) is 18.4 Å². The monoisotopic (exact) mass is 481 g/mol. The molecule has 0 atom stereocenters. The lowest BCUT2D eigenvalue weighted by atomic mass is 9.97. The van der Waals surface area contributed by atoms with Gasteiger partial charge in [0, 0.05) is 27.8 Å². The fraction of sp³-hybridized carbons (Fsp3) is 0.0312. The molecular weight excluding hydrogens is 458 g/mol. The number of para-hydroxylation sites is 2. The summed E-state index contributed by atoms with van der Waals surface area (Å²) in [6.07, 6.45) is 11.6. The van der Waals surface area contributed by atoms with Gasteiger partial charge < -0.3 is 5.41 Å². The number of rotatable bonds is 6. The Morgan fingerprint density at radius 1 is 0.757 bits per heavy atom. The van der Waals surface area contributed by atoms with E-state index in [1.54, 1.807) is 27.0 Å². The quantitative estimate of drug-likeness (QED) is 0.215. The Hall–Kier alpha value is -5.03. The molecule has 178 valence electrons. The molecule has 0 radical (unpaired) electrons. The molecule has 37 heavy (non-hydrogen) atoms. The van der Waals surface area contributed by atoms with Gasteiger partial charge in [0.25, 0.3) is 11.1 Å². The van der Waals surface area contributed by atoms with Crippen LogP contribution in [0, 0.1) is 5.41 Å². The normalized spacial score (nSPS) is 13.2. The second-order valence-electron chi connectivity index (χ2n) is 8.86. The SMILES string of the molecule is C=C/C(=C\C=N)c1c(=O)n2c3ccccc3c3c(/C(C=C)=C/C=C\C)c(=O)n4c5ccccc5c1c4c32. The summed E-state index contributed by atoms with van der Waals surface area (Å²) >= 11 is 0. The fourth-order valence-corrected chi connectivity index (χ4v) is 5.63. The lowest BCUT2D eigenvalue weighted by Crippen LogP contribution is -2.22. The third-order valence-electron chi connectivity index (χ3n) is 7.06. The summed E-state index contributed by atoms with van der Waals surface area (Å²) in [5.74, 6) is 0. The predicted molar refractivity (Wildman–Crippen MR) is 156 cm³/mol. The molecule has 0 saturated carbocycles. The summed E-state index contributed by atoms with van der Waals surface area (Å²) in [6, 6.07) is 15.3. The van der Waals surface area contributed by atoms with Crippen LogP contribution in [0.3, 0.4) is 0 Å². The van der Waals surface area contributed by atoms with Crippen LogP contribution in [0.2, 0.25) is 0 Å². The van der Waals surface area contributed by atoms with E-state index in [-0.39, 0.29) is 11.1 Å². The summed E-state index contributed by atoms with van der Waals surface area (Å²) in [7, 11) is 0. The summed E-state index contributed by atoms with van der Waals surface area (Å²) < 4.78 is 3.43. The van der Waals surface area contributed by atoms with Crippen molar-refractivity contribution in [1.29, 1.82) is 5.41 Å². The van der Waals surface area contributed by atoms with Crippen molar-refractivity contribution >= 4 is 61.0 Å². The minimum absolute atomic E-state index is 0.173. The Bertz CT molecular complexity index is 2130. The maximum atomic E-state index is 14.4. The Morgan fingerprint density at radius 2 is 1.22 bits per heavy atom. The molecule has 0 bridgehead atoms. The van der Waals surface area contributed by atoms with E-state index in [4.69, 9.17) is 5.41 Å². The van der Waals surface area contributed by atoms with Crippen molar-refractivity contribution in [2.45, 2.75) is 6.92 Å². The molecule has 0 unspecified atom stereocenters. The lowest BCUT2D eigenvalue weighted by molar-refractivity contribution is 1.13. The second-order valence-corrected chi connectivity index (χ2v) is 8.86. The van der Waals surface area contributed by atoms with E-state index >= 15 is 0 Å². The third kappa shape index (κ3) is 2.82. The van der Waals surface area contributed by atoms with Crippen molar-refractivity contribution < 1.29 is 0 Å². The molecule has 0 aliphatic heterocycles. The number of hydrogen-bond acceptors (Lipinski definition) is 3. The van der Waals surface area contributed by atoms with E-state index < -0.39 is 0 Å². The first kappa shape index (κ1) is 22.4. The molecule has 5 nitrogen and oxygen atoms in total. The standard InChI is InChI=1S/C32H23N3O2/c1-4-7-12-19(5-2)25-27-21-13-8-10-15-23(21)35-29(27)30-28(26(32(35)37)20(6-3)17-18-33)22-14-9-11-16-24(22)34(30)31(25)36/h4-18,33H,2-3H2,1H3/b7-4-,19-12+,20-17+,33-18?. The molecule has 0 spiro atoms. The summed E-state index contributed by atoms with van der Waals surface area (Å²) in [5.41, 5.74) is 4.58. The van der Waals surface area contributed by atoms with Crippen molar-refractivity contribution in [1.82, 2.24) is 8.80 Å². The van der Waals surface area contributed by atoms with Crippen molar-refractivity contribution in [3.63, 3.8) is 0 Å². The molecule has 1 N–H and O–H groups in total. The first-order valence-corrected chi connectivity index (χ1v) is 12.0. The number of nitrogens with one attached hydrogen (secondary N) is 1. The zero-order chi connectivity index (χ0) is 25.8. The molecule has 0 aliphatic rings. The highest BCUT2D eigenvalue weighted by molar-refractivity contribution is 6.26. The smallest absolute Gasteiger partial charge is 0.264 e. The number of fused-ring (bicyclic) bond motifs is 6. The van der Waals surface area contributed by atoms with Crippen molar-refractivity contribution in [3.8, 4) is 0 Å². The van der Waals surface area contributed by atoms with Crippen LogP contribution in [0.4, 0.5) is 0 Å². The zero-order valence-corrected chi connectivity index (χ0v) is 20.3. The summed E-state index contributed by atoms with van der Waals surface area (Å²) in [4.78, 5) is 28.8. The van der Waals surface area contributed by atoms with Crippen LogP contribution >= 0.6 is 0 Å². The van der Waals surface area contributed by atoms with E-state index in [1.807, 2.05) is 73.7 Å². The van der Waals surface area contributed by atoms with Gasteiger partial charge >= 0.3 is 0 Å². The molecule has 2 aromatic carbocycles. The van der Waals surface area contributed by atoms with E-state index in [0.717, 1.165) is 33.4 Å². The maximum absolute atomic E-state index is 14.4. The highest BCUT2D eigenvalue weighted by Gasteiger charge is 2.29.